The van der Waals surface area contributed by atoms with Gasteiger partial charge in [-0.25, -0.2) is 4.68 Å². The van der Waals surface area contributed by atoms with Gasteiger partial charge in [-0.05, 0) is 74.5 Å². The lowest BCUT2D eigenvalue weighted by molar-refractivity contribution is -0.113. The quantitative estimate of drug-likeness (QED) is 0.420. The number of hydrogen-bond acceptors (Lipinski definition) is 6. The molecule has 36 heavy (non-hydrogen) atoms. The molecule has 0 aliphatic carbocycles. The van der Waals surface area contributed by atoms with E-state index in [1.165, 1.54) is 11.8 Å². The molecule has 2 aromatic carbocycles. The van der Waals surface area contributed by atoms with Crippen LogP contribution in [0.25, 0.3) is 23.0 Å². The van der Waals surface area contributed by atoms with Gasteiger partial charge >= 0.3 is 0 Å². The van der Waals surface area contributed by atoms with Gasteiger partial charge in [0.05, 0.1) is 35.1 Å². The zero-order chi connectivity index (χ0) is 25.1. The number of amidine groups is 1. The van der Waals surface area contributed by atoms with Crippen molar-refractivity contribution >= 4 is 28.9 Å². The van der Waals surface area contributed by atoms with E-state index in [-0.39, 0.29) is 18.1 Å². The summed E-state index contributed by atoms with van der Waals surface area (Å²) in [7, 11) is 0. The Hall–Kier alpha value is -3.36. The van der Waals surface area contributed by atoms with Crippen molar-refractivity contribution in [1.29, 1.82) is 0 Å². The van der Waals surface area contributed by atoms with E-state index < -0.39 is 0 Å². The van der Waals surface area contributed by atoms with Crippen molar-refractivity contribution in [3.63, 3.8) is 0 Å². The molecule has 2 atom stereocenters. The van der Waals surface area contributed by atoms with Crippen LogP contribution >= 0.6 is 11.8 Å². The van der Waals surface area contributed by atoms with Crippen LogP contribution in [0.15, 0.2) is 70.7 Å². The molecule has 1 aromatic heterocycles. The number of amides is 1. The number of nitrogens with zero attached hydrogens (tertiary/aromatic N) is 4. The lowest BCUT2D eigenvalue weighted by atomic mass is 10.1. The number of benzene rings is 2. The summed E-state index contributed by atoms with van der Waals surface area (Å²) in [5.74, 6) is 0.611. The highest BCUT2D eigenvalue weighted by Gasteiger charge is 2.31. The minimum Gasteiger partial charge on any atom is -0.494 e. The molecule has 5 rings (SSSR count). The summed E-state index contributed by atoms with van der Waals surface area (Å²) in [5, 5.41) is 5.62. The summed E-state index contributed by atoms with van der Waals surface area (Å²) in [6.45, 7) is 8.30. The summed E-state index contributed by atoms with van der Waals surface area (Å²) >= 11 is 1.42. The van der Waals surface area contributed by atoms with Crippen LogP contribution in [0.3, 0.4) is 0 Å². The zero-order valence-corrected chi connectivity index (χ0v) is 21.6. The minimum absolute atomic E-state index is 0.0974. The maximum Gasteiger partial charge on any atom is 0.286 e. The van der Waals surface area contributed by atoms with Crippen molar-refractivity contribution in [1.82, 2.24) is 14.7 Å². The molecule has 1 fully saturated rings. The maximum atomic E-state index is 12.9. The third kappa shape index (κ3) is 5.39. The van der Waals surface area contributed by atoms with E-state index in [4.69, 9.17) is 14.6 Å². The highest BCUT2D eigenvalue weighted by molar-refractivity contribution is 8.18. The Morgan fingerprint density at radius 2 is 1.81 bits per heavy atom. The molecular formula is C28H30N4O3S. The summed E-state index contributed by atoms with van der Waals surface area (Å²) in [4.78, 5) is 20.0. The molecule has 0 saturated carbocycles. The standard InChI is InChI=1S/C28H30N4O3S/c1-4-14-34-24-12-10-21(11-13-24)26-22(18-32(30-26)23-8-6-5-7-9-23)15-25-27(33)29-28(36-25)31-16-19(2)35-20(3)17-31/h5-13,15,18-20H,4,14,16-17H2,1-3H3/b25-15-/t19-,20-/m1/s1. The predicted molar refractivity (Wildman–Crippen MR) is 144 cm³/mol. The van der Waals surface area contributed by atoms with E-state index in [9.17, 15) is 4.79 Å². The number of para-hydroxylation sites is 1. The van der Waals surface area contributed by atoms with E-state index in [0.717, 1.165) is 52.9 Å². The Balaban J connectivity index is 1.46. The minimum atomic E-state index is -0.219. The molecule has 2 aliphatic heterocycles. The SMILES string of the molecule is CCCOc1ccc(-c2nn(-c3ccccc3)cc2/C=C2\SC(N3C[C@@H](C)O[C@H](C)C3)=NC2=O)cc1. The summed E-state index contributed by atoms with van der Waals surface area (Å²) < 4.78 is 13.4. The van der Waals surface area contributed by atoms with Gasteiger partial charge in [0.15, 0.2) is 5.17 Å². The lowest BCUT2D eigenvalue weighted by Gasteiger charge is -2.35. The van der Waals surface area contributed by atoms with Crippen LogP contribution in [0.1, 0.15) is 32.8 Å². The fraction of sp³-hybridized carbons (Fsp3) is 0.321. The molecule has 2 aliphatic rings. The molecule has 1 saturated heterocycles. The van der Waals surface area contributed by atoms with Gasteiger partial charge in [0.25, 0.3) is 5.91 Å². The predicted octanol–water partition coefficient (Wildman–Crippen LogP) is 5.41. The fourth-order valence-electron chi connectivity index (χ4n) is 4.37. The van der Waals surface area contributed by atoms with Gasteiger partial charge in [0.2, 0.25) is 0 Å². The monoisotopic (exact) mass is 502 g/mol. The molecule has 186 valence electrons. The first-order valence-corrected chi connectivity index (χ1v) is 13.1. The van der Waals surface area contributed by atoms with E-state index >= 15 is 0 Å². The van der Waals surface area contributed by atoms with Crippen LogP contribution in [0.2, 0.25) is 0 Å². The number of carbonyl (C=O) groups excluding carboxylic acids is 1. The molecule has 0 spiro atoms. The second-order valence-electron chi connectivity index (χ2n) is 9.06. The van der Waals surface area contributed by atoms with Crippen LogP contribution in [-0.2, 0) is 9.53 Å². The number of aromatic nitrogens is 2. The van der Waals surface area contributed by atoms with Crippen molar-refractivity contribution in [3.8, 4) is 22.7 Å². The Morgan fingerprint density at radius 1 is 1.08 bits per heavy atom. The van der Waals surface area contributed by atoms with Crippen molar-refractivity contribution in [2.75, 3.05) is 19.7 Å². The second kappa shape index (κ2) is 10.7. The fourth-order valence-corrected chi connectivity index (χ4v) is 5.29. The van der Waals surface area contributed by atoms with Crippen LogP contribution < -0.4 is 4.74 Å². The largest absolute Gasteiger partial charge is 0.494 e. The Labute approximate surface area is 215 Å². The van der Waals surface area contributed by atoms with E-state index in [2.05, 4.69) is 16.8 Å². The molecule has 0 radical (unpaired) electrons. The highest BCUT2D eigenvalue weighted by Crippen LogP contribution is 2.34. The molecule has 0 N–H and O–H groups in total. The number of morpholine rings is 1. The number of aliphatic imine (C=N–C) groups is 1. The first-order chi connectivity index (χ1) is 17.5. The van der Waals surface area contributed by atoms with Crippen LogP contribution in [0.5, 0.6) is 5.75 Å². The van der Waals surface area contributed by atoms with Gasteiger partial charge in [0, 0.05) is 30.4 Å². The number of thioether (sulfide) groups is 1. The van der Waals surface area contributed by atoms with Crippen LogP contribution in [-0.4, -0.2) is 57.7 Å². The average molecular weight is 503 g/mol. The summed E-state index contributed by atoms with van der Waals surface area (Å²) in [6.07, 6.45) is 5.02. The Morgan fingerprint density at radius 3 is 2.50 bits per heavy atom. The maximum absolute atomic E-state index is 12.9. The molecule has 3 aromatic rings. The van der Waals surface area contributed by atoms with Crippen molar-refractivity contribution in [3.05, 3.63) is 71.3 Å². The molecule has 0 unspecified atom stereocenters. The highest BCUT2D eigenvalue weighted by atomic mass is 32.2. The third-order valence-electron chi connectivity index (χ3n) is 5.95. The number of ether oxygens (including phenoxy) is 2. The van der Waals surface area contributed by atoms with Crippen LogP contribution in [0, 0.1) is 0 Å². The molecule has 1 amide bonds. The Bertz CT molecular complexity index is 1270. The first kappa shape index (κ1) is 24.3. The Kier molecular flexibility index (Phi) is 7.25. The van der Waals surface area contributed by atoms with Gasteiger partial charge in [-0.3, -0.25) is 4.79 Å². The van der Waals surface area contributed by atoms with Gasteiger partial charge in [0.1, 0.15) is 5.75 Å². The first-order valence-electron chi connectivity index (χ1n) is 12.3. The zero-order valence-electron chi connectivity index (χ0n) is 20.8. The van der Waals surface area contributed by atoms with Gasteiger partial charge < -0.3 is 14.4 Å². The number of rotatable bonds is 6. The van der Waals surface area contributed by atoms with E-state index in [1.807, 2.05) is 85.4 Å². The van der Waals surface area contributed by atoms with Crippen LogP contribution in [0.4, 0.5) is 0 Å². The molecule has 8 heteroatoms. The number of carbonyl (C=O) groups is 1. The van der Waals surface area contributed by atoms with E-state index in [0.29, 0.717) is 11.5 Å². The molecule has 0 bridgehead atoms. The molecular weight excluding hydrogens is 472 g/mol. The van der Waals surface area contributed by atoms with Crippen molar-refractivity contribution in [2.24, 2.45) is 4.99 Å². The number of hydrogen-bond donors (Lipinski definition) is 0. The summed E-state index contributed by atoms with van der Waals surface area (Å²) in [6, 6.07) is 17.9. The van der Waals surface area contributed by atoms with Gasteiger partial charge in [-0.2, -0.15) is 10.1 Å². The third-order valence-corrected chi connectivity index (χ3v) is 6.99. The van der Waals surface area contributed by atoms with Crippen molar-refractivity contribution < 1.29 is 14.3 Å². The topological polar surface area (TPSA) is 68.9 Å². The van der Waals surface area contributed by atoms with Crippen molar-refractivity contribution in [2.45, 2.75) is 39.4 Å². The van der Waals surface area contributed by atoms with E-state index in [1.54, 1.807) is 0 Å². The smallest absolute Gasteiger partial charge is 0.286 e. The summed E-state index contributed by atoms with van der Waals surface area (Å²) in [5.41, 5.74) is 3.55. The van der Waals surface area contributed by atoms with Gasteiger partial charge in [-0.1, -0.05) is 25.1 Å². The molecule has 3 heterocycles. The second-order valence-corrected chi connectivity index (χ2v) is 10.1. The normalized spacial score (nSPS) is 21.2. The lowest BCUT2D eigenvalue weighted by Crippen LogP contribution is -2.47. The van der Waals surface area contributed by atoms with Gasteiger partial charge in [-0.15, -0.1) is 0 Å². The molecule has 7 nitrogen and oxygen atoms in total. The average Bonchev–Trinajstić information content (AvgIpc) is 3.47.